The average Bonchev–Trinajstić information content (AvgIpc) is 3.79. The van der Waals surface area contributed by atoms with Gasteiger partial charge in [0.1, 0.15) is 5.60 Å². The zero-order valence-corrected chi connectivity index (χ0v) is 27.8. The van der Waals surface area contributed by atoms with Gasteiger partial charge < -0.3 is 19.5 Å². The van der Waals surface area contributed by atoms with Crippen molar-refractivity contribution >= 4 is 11.9 Å². The van der Waals surface area contributed by atoms with E-state index >= 15 is 4.79 Å². The van der Waals surface area contributed by atoms with Crippen molar-refractivity contribution in [1.82, 2.24) is 4.90 Å². The maximum absolute atomic E-state index is 15.3. The molecule has 1 N–H and O–H groups in total. The van der Waals surface area contributed by atoms with Crippen molar-refractivity contribution in [2.45, 2.75) is 89.4 Å². The summed E-state index contributed by atoms with van der Waals surface area (Å²) in [5.74, 6) is 0.532. The van der Waals surface area contributed by atoms with Gasteiger partial charge in [-0.3, -0.25) is 4.79 Å². The van der Waals surface area contributed by atoms with Gasteiger partial charge >= 0.3 is 6.09 Å². The fraction of sp³-hybridized carbons (Fsp3) is 0.561. The second-order valence-electron chi connectivity index (χ2n) is 16.4. The van der Waals surface area contributed by atoms with Crippen LogP contribution in [-0.2, 0) is 9.47 Å². The number of hydrogen-bond donors (Lipinski definition) is 1. The molecule has 2 bridgehead atoms. The third-order valence-corrected chi connectivity index (χ3v) is 14.6. The molecule has 3 saturated carbocycles. The van der Waals surface area contributed by atoms with Gasteiger partial charge in [-0.1, -0.05) is 86.7 Å². The minimum Gasteiger partial charge on any atom is -0.440 e. The van der Waals surface area contributed by atoms with Gasteiger partial charge in [0.2, 0.25) is 0 Å². The molecule has 2 saturated heterocycles. The number of fused-ring (bicyclic) bond motifs is 2. The average molecular weight is 634 g/mol. The molecular formula is C41H47NO5. The van der Waals surface area contributed by atoms with Gasteiger partial charge in [-0.25, -0.2) is 4.79 Å². The predicted molar refractivity (Wildman–Crippen MR) is 180 cm³/mol. The molecule has 47 heavy (non-hydrogen) atoms. The Hall–Kier alpha value is -3.22. The number of amides is 1. The van der Waals surface area contributed by atoms with Crippen molar-refractivity contribution in [2.75, 3.05) is 19.7 Å². The topological polar surface area (TPSA) is 76.1 Å². The van der Waals surface area contributed by atoms with E-state index in [9.17, 15) is 9.90 Å². The van der Waals surface area contributed by atoms with Gasteiger partial charge in [-0.2, -0.15) is 0 Å². The molecule has 0 aromatic heterocycles. The maximum atomic E-state index is 15.3. The first-order valence-electron chi connectivity index (χ1n) is 18.1. The minimum atomic E-state index is -0.577. The van der Waals surface area contributed by atoms with Gasteiger partial charge in [0.25, 0.3) is 0 Å². The molecular weight excluding hydrogens is 586 g/mol. The number of rotatable bonds is 5. The number of carbonyl (C=O) groups excluding carboxylic acids is 2. The molecule has 2 heterocycles. The minimum absolute atomic E-state index is 0.0566. The lowest BCUT2D eigenvalue weighted by Gasteiger charge is -2.71. The molecule has 2 aliphatic heterocycles. The van der Waals surface area contributed by atoms with Crippen LogP contribution in [0, 0.1) is 33.5 Å². The number of carbonyl (C=O) groups is 2. The Labute approximate surface area is 278 Å². The van der Waals surface area contributed by atoms with Crippen LogP contribution in [0.4, 0.5) is 4.79 Å². The smallest absolute Gasteiger partial charge is 0.410 e. The number of benzene rings is 2. The molecule has 1 amide bonds. The van der Waals surface area contributed by atoms with Crippen molar-refractivity contribution in [1.29, 1.82) is 0 Å². The highest BCUT2D eigenvalue weighted by Gasteiger charge is 2.76. The largest absolute Gasteiger partial charge is 0.440 e. The molecule has 246 valence electrons. The number of ketones is 1. The highest BCUT2D eigenvalue weighted by atomic mass is 16.6. The highest BCUT2D eigenvalue weighted by Crippen LogP contribution is 2.79. The van der Waals surface area contributed by atoms with Crippen molar-refractivity contribution in [3.63, 3.8) is 0 Å². The molecule has 2 aromatic rings. The number of nitrogens with zero attached hydrogens (tertiary/aromatic N) is 1. The monoisotopic (exact) mass is 633 g/mol. The standard InChI is InChI=1S/C41H47NO5/c1-37-17-14-28(43)23-39(37)20-21-41(32(24-39)35(44)31-13-7-6-12-30(31)27-9-4-3-5-10-27)33(37)15-18-38(2)34(41)16-19-40(38)26-42(36(45)47-40)25-29-11-8-22-46-29/h3-7,9-10,12-13,20-21,24,28-29,33-34,43H,8,11,14-19,22-23,25-26H2,1-2H3. The second kappa shape index (κ2) is 10.1. The van der Waals surface area contributed by atoms with Gasteiger partial charge in [0.15, 0.2) is 5.78 Å². The molecule has 8 aliphatic rings. The SMILES string of the molecule is CC12CCC(O)CC13C=CC1(C(C(=O)c4ccccc4-c4ccccc4)=C3)C2CCC2(C)C1CCC21CN(CC2CCCO2)C(=O)O1. The predicted octanol–water partition coefficient (Wildman–Crippen LogP) is 7.77. The number of aliphatic hydroxyl groups excluding tert-OH is 1. The lowest BCUT2D eigenvalue weighted by molar-refractivity contribution is -0.164. The molecule has 2 aromatic carbocycles. The molecule has 3 spiro atoms. The first-order valence-corrected chi connectivity index (χ1v) is 18.1. The summed E-state index contributed by atoms with van der Waals surface area (Å²) >= 11 is 0. The van der Waals surface area contributed by atoms with E-state index in [1.807, 2.05) is 41.3 Å². The van der Waals surface area contributed by atoms with Gasteiger partial charge in [0, 0.05) is 34.0 Å². The van der Waals surface area contributed by atoms with Crippen LogP contribution >= 0.6 is 0 Å². The van der Waals surface area contributed by atoms with E-state index in [2.05, 4.69) is 50.3 Å². The van der Waals surface area contributed by atoms with Crippen molar-refractivity contribution in [3.8, 4) is 11.1 Å². The number of aliphatic hydroxyl groups is 1. The van der Waals surface area contributed by atoms with Crippen LogP contribution < -0.4 is 0 Å². The summed E-state index contributed by atoms with van der Waals surface area (Å²) in [5, 5.41) is 11.1. The van der Waals surface area contributed by atoms with Gasteiger partial charge in [0.05, 0.1) is 25.3 Å². The number of Topliss-reactive ketones (excluding diaryl/α,β-unsaturated/α-hetero) is 1. The molecule has 9 atom stereocenters. The second-order valence-corrected chi connectivity index (χ2v) is 16.4. The third-order valence-electron chi connectivity index (χ3n) is 14.6. The lowest BCUT2D eigenvalue weighted by atomic mass is 9.32. The van der Waals surface area contributed by atoms with Crippen LogP contribution in [0.5, 0.6) is 0 Å². The Balaban J connectivity index is 1.17. The van der Waals surface area contributed by atoms with Crippen LogP contribution in [0.1, 0.15) is 82.0 Å². The van der Waals surface area contributed by atoms with Crippen LogP contribution in [0.3, 0.4) is 0 Å². The third kappa shape index (κ3) is 3.86. The summed E-state index contributed by atoms with van der Waals surface area (Å²) < 4.78 is 12.5. The first-order chi connectivity index (χ1) is 22.6. The fourth-order valence-corrected chi connectivity index (χ4v) is 12.3. The van der Waals surface area contributed by atoms with E-state index in [1.54, 1.807) is 0 Å². The van der Waals surface area contributed by atoms with E-state index < -0.39 is 11.0 Å². The highest BCUT2D eigenvalue weighted by molar-refractivity contribution is 6.14. The van der Waals surface area contributed by atoms with Crippen molar-refractivity contribution in [3.05, 3.63) is 84.0 Å². The Morgan fingerprint density at radius 2 is 1.66 bits per heavy atom. The lowest BCUT2D eigenvalue weighted by Crippen LogP contribution is -2.67. The maximum Gasteiger partial charge on any atom is 0.410 e. The number of ether oxygens (including phenoxy) is 2. The van der Waals surface area contributed by atoms with E-state index in [1.165, 1.54) is 0 Å². The Bertz CT molecular complexity index is 1690. The molecule has 10 rings (SSSR count). The number of allylic oxidation sites excluding steroid dienone is 4. The molecule has 6 aliphatic carbocycles. The number of hydrogen-bond acceptors (Lipinski definition) is 5. The zero-order chi connectivity index (χ0) is 32.2. The van der Waals surface area contributed by atoms with Crippen LogP contribution in [0.15, 0.2) is 78.4 Å². The molecule has 5 fully saturated rings. The summed E-state index contributed by atoms with van der Waals surface area (Å²) in [4.78, 5) is 30.8. The van der Waals surface area contributed by atoms with Crippen molar-refractivity contribution < 1.29 is 24.2 Å². The first kappa shape index (κ1) is 29.9. The van der Waals surface area contributed by atoms with Crippen molar-refractivity contribution in [2.24, 2.45) is 33.5 Å². The Morgan fingerprint density at radius 3 is 2.47 bits per heavy atom. The van der Waals surface area contributed by atoms with Gasteiger partial charge in [-0.05, 0) is 86.2 Å². The summed E-state index contributed by atoms with van der Waals surface area (Å²) in [6.07, 6.45) is 14.8. The Morgan fingerprint density at radius 1 is 0.915 bits per heavy atom. The van der Waals surface area contributed by atoms with Crippen LogP contribution in [0.25, 0.3) is 11.1 Å². The summed E-state index contributed by atoms with van der Waals surface area (Å²) in [6.45, 7) is 6.78. The molecule has 0 radical (unpaired) electrons. The van der Waals surface area contributed by atoms with E-state index in [0.717, 1.165) is 80.2 Å². The van der Waals surface area contributed by atoms with E-state index in [-0.39, 0.29) is 52.2 Å². The Kier molecular flexibility index (Phi) is 6.45. The summed E-state index contributed by atoms with van der Waals surface area (Å²) in [7, 11) is 0. The van der Waals surface area contributed by atoms with E-state index in [0.29, 0.717) is 19.5 Å². The fourth-order valence-electron chi connectivity index (χ4n) is 12.3. The molecule has 6 nitrogen and oxygen atoms in total. The zero-order valence-electron chi connectivity index (χ0n) is 27.8. The van der Waals surface area contributed by atoms with Crippen LogP contribution in [-0.4, -0.2) is 59.4 Å². The summed E-state index contributed by atoms with van der Waals surface area (Å²) in [6, 6.07) is 18.3. The van der Waals surface area contributed by atoms with Crippen LogP contribution in [0.2, 0.25) is 0 Å². The molecule has 9 unspecified atom stereocenters. The van der Waals surface area contributed by atoms with E-state index in [4.69, 9.17) is 9.47 Å². The normalized spacial score (nSPS) is 43.0. The van der Waals surface area contributed by atoms with Gasteiger partial charge in [-0.15, -0.1) is 0 Å². The summed E-state index contributed by atoms with van der Waals surface area (Å²) in [5.41, 5.74) is 1.90. The molecule has 6 heteroatoms. The quantitative estimate of drug-likeness (QED) is 0.269.